The number of fused-ring (bicyclic) bond motifs is 5. The van der Waals surface area contributed by atoms with Crippen molar-refractivity contribution in [3.05, 3.63) is 47.0 Å². The lowest BCUT2D eigenvalue weighted by Crippen LogP contribution is -2.81. The van der Waals surface area contributed by atoms with Gasteiger partial charge in [0.1, 0.15) is 17.8 Å². The number of benzene rings is 1. The summed E-state index contributed by atoms with van der Waals surface area (Å²) in [7, 11) is -2.27. The summed E-state index contributed by atoms with van der Waals surface area (Å²) in [4.78, 5) is 54.8. The van der Waals surface area contributed by atoms with Crippen molar-refractivity contribution in [2.24, 2.45) is 22.7 Å². The molecule has 3 aliphatic carbocycles. The molecule has 5 rings (SSSR count). The van der Waals surface area contributed by atoms with Crippen LogP contribution < -0.4 is 0 Å². The van der Waals surface area contributed by atoms with Crippen molar-refractivity contribution in [2.75, 3.05) is 6.61 Å². The lowest BCUT2D eigenvalue weighted by atomic mass is 9.43. The third-order valence-corrected chi connectivity index (χ3v) is 12.1. The minimum absolute atomic E-state index is 0.0238. The third kappa shape index (κ3) is 5.18. The zero-order valence-corrected chi connectivity index (χ0v) is 29.6. The predicted molar refractivity (Wildman–Crippen MR) is 170 cm³/mol. The van der Waals surface area contributed by atoms with Gasteiger partial charge in [-0.05, 0) is 62.2 Å². The number of rotatable bonds is 6. The van der Waals surface area contributed by atoms with Crippen molar-refractivity contribution < 1.29 is 47.7 Å². The van der Waals surface area contributed by atoms with Gasteiger partial charge in [-0.25, -0.2) is 4.79 Å². The van der Waals surface area contributed by atoms with E-state index in [-0.39, 0.29) is 18.6 Å². The molecule has 1 heterocycles. The zero-order valence-electron chi connectivity index (χ0n) is 28.6. The molecule has 0 radical (unpaired) electrons. The highest BCUT2D eigenvalue weighted by Gasteiger charge is 2.77. The van der Waals surface area contributed by atoms with Crippen LogP contribution in [-0.2, 0) is 37.8 Å². The smallest absolute Gasteiger partial charge is 0.338 e. The Balaban J connectivity index is 1.86. The summed E-state index contributed by atoms with van der Waals surface area (Å²) in [6.07, 6.45) is -3.63. The lowest BCUT2D eigenvalue weighted by molar-refractivity contribution is -0.340. The molecule has 0 spiro atoms. The van der Waals surface area contributed by atoms with Crippen molar-refractivity contribution in [3.8, 4) is 0 Å². The molecule has 1 aliphatic heterocycles. The summed E-state index contributed by atoms with van der Waals surface area (Å²) >= 11 is 0. The van der Waals surface area contributed by atoms with Crippen molar-refractivity contribution in [3.63, 3.8) is 0 Å². The molecule has 0 amide bonds. The Morgan fingerprint density at radius 1 is 1.00 bits per heavy atom. The number of ketones is 1. The molecule has 1 aromatic carbocycles. The summed E-state index contributed by atoms with van der Waals surface area (Å²) < 4.78 is 31.3. The van der Waals surface area contributed by atoms with E-state index in [1.165, 1.54) is 13.8 Å². The highest BCUT2D eigenvalue weighted by molar-refractivity contribution is 6.69. The first kappa shape index (κ1) is 34.5. The van der Waals surface area contributed by atoms with Gasteiger partial charge in [0.25, 0.3) is 0 Å². The molecule has 0 aromatic heterocycles. The summed E-state index contributed by atoms with van der Waals surface area (Å²) in [5.41, 5.74) is -4.57. The summed E-state index contributed by atoms with van der Waals surface area (Å²) in [5, 5.41) is 13.4. The molecule has 252 valence electrons. The largest absolute Gasteiger partial charge is 0.455 e. The molecule has 3 fully saturated rings. The minimum Gasteiger partial charge on any atom is -0.455 e. The summed E-state index contributed by atoms with van der Waals surface area (Å²) in [5.74, 6) is -3.81. The van der Waals surface area contributed by atoms with Crippen molar-refractivity contribution in [1.82, 2.24) is 0 Å². The second-order valence-corrected chi connectivity index (χ2v) is 19.8. The molecule has 2 bridgehead atoms. The first-order valence-electron chi connectivity index (χ1n) is 16.1. The summed E-state index contributed by atoms with van der Waals surface area (Å²) in [6.45, 7) is 17.7. The van der Waals surface area contributed by atoms with Crippen LogP contribution in [0.5, 0.6) is 0 Å². The molecule has 2 saturated carbocycles. The molecular weight excluding hydrogens is 608 g/mol. The Morgan fingerprint density at radius 2 is 1.63 bits per heavy atom. The van der Waals surface area contributed by atoms with Crippen molar-refractivity contribution in [2.45, 2.75) is 117 Å². The first-order valence-corrected chi connectivity index (χ1v) is 19.5. The quantitative estimate of drug-likeness (QED) is 0.197. The van der Waals surface area contributed by atoms with E-state index in [2.05, 4.69) is 0 Å². The Hall–Kier alpha value is -2.86. The van der Waals surface area contributed by atoms with E-state index < -0.39 is 90.3 Å². The van der Waals surface area contributed by atoms with E-state index in [1.54, 1.807) is 51.1 Å². The van der Waals surface area contributed by atoms with Gasteiger partial charge < -0.3 is 28.5 Å². The molecule has 46 heavy (non-hydrogen) atoms. The topological polar surface area (TPSA) is 135 Å². The average molecular weight is 657 g/mol. The van der Waals surface area contributed by atoms with Crippen LogP contribution in [0.1, 0.15) is 71.7 Å². The van der Waals surface area contributed by atoms with Gasteiger partial charge in [-0.1, -0.05) is 45.9 Å². The van der Waals surface area contributed by atoms with E-state index in [0.717, 1.165) is 0 Å². The molecule has 9 atom stereocenters. The number of hydrogen-bond acceptors (Lipinski definition) is 10. The number of hydrogen-bond donors (Lipinski definition) is 1. The second-order valence-electron chi connectivity index (χ2n) is 15.4. The van der Waals surface area contributed by atoms with Gasteiger partial charge in [0.05, 0.1) is 24.2 Å². The zero-order chi connectivity index (χ0) is 34.2. The fraction of sp³-hybridized carbons (Fsp3) is 0.657. The van der Waals surface area contributed by atoms with Crippen LogP contribution in [0.25, 0.3) is 0 Å². The van der Waals surface area contributed by atoms with Gasteiger partial charge in [0.15, 0.2) is 25.8 Å². The maximum absolute atomic E-state index is 15.3. The molecule has 11 heteroatoms. The standard InChI is InChI=1S/C35H48O10Si/c1-19-16-25-34(18-41-25,44-22(4)37)28-30(43-31(39)23-14-12-11-13-15-23)35(40)17-24(45-46(8,9)10)20(2)26(32(35,5)6)27(42-21(3)36)29(38)33(19,28)7/h11-15,19,24-25,27-28,30,40H,16-18H2,1-10H3/t19-,24?,25?,27?,28?,30?,33+,34?,35?/m0/s1. The van der Waals surface area contributed by atoms with Crippen LogP contribution in [0.15, 0.2) is 41.5 Å². The third-order valence-electron chi connectivity index (χ3n) is 11.1. The van der Waals surface area contributed by atoms with Gasteiger partial charge in [-0.3, -0.25) is 14.4 Å². The summed E-state index contributed by atoms with van der Waals surface area (Å²) in [6, 6.07) is 8.45. The highest BCUT2D eigenvalue weighted by Crippen LogP contribution is 2.65. The number of esters is 3. The molecule has 1 saturated heterocycles. The lowest BCUT2D eigenvalue weighted by Gasteiger charge is -2.68. The van der Waals surface area contributed by atoms with Crippen molar-refractivity contribution in [1.29, 1.82) is 0 Å². The van der Waals surface area contributed by atoms with Gasteiger partial charge in [-0.15, -0.1) is 0 Å². The van der Waals surface area contributed by atoms with E-state index in [1.807, 2.05) is 33.5 Å². The van der Waals surface area contributed by atoms with E-state index in [4.69, 9.17) is 23.4 Å². The average Bonchev–Trinajstić information content (AvgIpc) is 2.94. The number of carbonyl (C=O) groups excluding carboxylic acids is 4. The highest BCUT2D eigenvalue weighted by atomic mass is 28.4. The number of aliphatic hydroxyl groups is 1. The van der Waals surface area contributed by atoms with Gasteiger partial charge in [-0.2, -0.15) is 0 Å². The maximum Gasteiger partial charge on any atom is 0.338 e. The van der Waals surface area contributed by atoms with Crippen LogP contribution >= 0.6 is 0 Å². The Bertz CT molecular complexity index is 1460. The first-order chi connectivity index (χ1) is 21.2. The van der Waals surface area contributed by atoms with Crippen LogP contribution in [0.4, 0.5) is 0 Å². The number of Topliss-reactive ketones (excluding diaryl/α,β-unsaturated/α-hetero) is 1. The van der Waals surface area contributed by atoms with E-state index >= 15 is 4.79 Å². The van der Waals surface area contributed by atoms with Crippen LogP contribution in [-0.4, -0.2) is 79.3 Å². The van der Waals surface area contributed by atoms with Crippen LogP contribution in [0.3, 0.4) is 0 Å². The predicted octanol–water partition coefficient (Wildman–Crippen LogP) is 4.79. The number of carbonyl (C=O) groups is 4. The van der Waals surface area contributed by atoms with Gasteiger partial charge in [0.2, 0.25) is 0 Å². The fourth-order valence-electron chi connectivity index (χ4n) is 8.74. The van der Waals surface area contributed by atoms with Crippen LogP contribution in [0, 0.1) is 22.7 Å². The molecule has 4 aliphatic rings. The number of ether oxygens (including phenoxy) is 4. The van der Waals surface area contributed by atoms with Gasteiger partial charge in [0, 0.05) is 31.1 Å². The van der Waals surface area contributed by atoms with Crippen LogP contribution in [0.2, 0.25) is 19.6 Å². The molecule has 1 N–H and O–H groups in total. The Labute approximate surface area is 272 Å². The van der Waals surface area contributed by atoms with Crippen molar-refractivity contribution >= 4 is 32.0 Å². The maximum atomic E-state index is 15.3. The monoisotopic (exact) mass is 656 g/mol. The minimum atomic E-state index is -2.27. The second kappa shape index (κ2) is 11.4. The van der Waals surface area contributed by atoms with E-state index in [0.29, 0.717) is 17.6 Å². The SMILES string of the molecule is CC(=O)OC1C(=O)[C@@]2(C)C(C(OC(=O)c3ccccc3)C3(O)CC(O[Si](C)(C)C)C(C)=C1C3(C)C)C1(OC(C)=O)COC1C[C@@H]2C. The Kier molecular flexibility index (Phi) is 8.53. The fourth-order valence-corrected chi connectivity index (χ4v) is 9.85. The molecule has 10 nitrogen and oxygen atoms in total. The molecule has 7 unspecified atom stereocenters. The Morgan fingerprint density at radius 3 is 2.15 bits per heavy atom. The van der Waals surface area contributed by atoms with E-state index in [9.17, 15) is 19.5 Å². The van der Waals surface area contributed by atoms with Gasteiger partial charge >= 0.3 is 17.9 Å². The normalized spacial score (nSPS) is 38.3. The molecule has 1 aromatic rings. The molecular formula is C35H48O10Si.